The predicted molar refractivity (Wildman–Crippen MR) is 117 cm³/mol. The number of aromatic amines is 1. The van der Waals surface area contributed by atoms with Gasteiger partial charge in [0.1, 0.15) is 6.61 Å². The lowest BCUT2D eigenvalue weighted by atomic mass is 10.2. The molecule has 9 nitrogen and oxygen atoms in total. The molecule has 2 aromatic carbocycles. The zero-order chi connectivity index (χ0) is 21.8. The molecule has 0 saturated heterocycles. The summed E-state index contributed by atoms with van der Waals surface area (Å²) in [6.07, 6.45) is 0. The highest BCUT2D eigenvalue weighted by Gasteiger charge is 2.13. The van der Waals surface area contributed by atoms with E-state index in [0.717, 1.165) is 28.2 Å². The van der Waals surface area contributed by atoms with Gasteiger partial charge in [-0.25, -0.2) is 4.68 Å². The minimum atomic E-state index is 0.355. The van der Waals surface area contributed by atoms with Crippen molar-refractivity contribution in [3.63, 3.8) is 0 Å². The fraction of sp³-hybridized carbons (Fsp3) is 0.238. The van der Waals surface area contributed by atoms with Crippen molar-refractivity contribution in [2.45, 2.75) is 27.0 Å². The maximum Gasteiger partial charge on any atom is 0.263 e. The molecule has 0 bridgehead atoms. The molecule has 0 aliphatic carbocycles. The van der Waals surface area contributed by atoms with E-state index < -0.39 is 0 Å². The van der Waals surface area contributed by atoms with Gasteiger partial charge >= 0.3 is 0 Å². The Kier molecular flexibility index (Phi) is 6.03. The first-order valence-corrected chi connectivity index (χ1v) is 10.0. The average molecular weight is 440 g/mol. The highest BCUT2D eigenvalue weighted by atomic mass is 35.5. The molecule has 0 unspecified atom stereocenters. The average Bonchev–Trinajstić information content (AvgIpc) is 3.40. The fourth-order valence-corrected chi connectivity index (χ4v) is 3.50. The molecule has 0 aliphatic heterocycles. The Morgan fingerprint density at radius 3 is 2.55 bits per heavy atom. The van der Waals surface area contributed by atoms with Gasteiger partial charge in [-0.15, -0.1) is 5.10 Å². The number of benzene rings is 2. The lowest BCUT2D eigenvalue weighted by molar-refractivity contribution is 0.284. The van der Waals surface area contributed by atoms with Crippen molar-refractivity contribution in [3.05, 3.63) is 70.0 Å². The van der Waals surface area contributed by atoms with Crippen LogP contribution in [0.3, 0.4) is 0 Å². The Hall–Kier alpha value is -3.59. The molecule has 2 aromatic heterocycles. The van der Waals surface area contributed by atoms with Crippen molar-refractivity contribution in [3.8, 4) is 17.2 Å². The molecule has 4 aromatic rings. The lowest BCUT2D eigenvalue weighted by Gasteiger charge is -2.15. The first-order chi connectivity index (χ1) is 15.0. The monoisotopic (exact) mass is 439 g/mol. The maximum atomic E-state index is 6.47. The molecule has 0 amide bonds. The van der Waals surface area contributed by atoms with Gasteiger partial charge in [-0.3, -0.25) is 0 Å². The Bertz CT molecular complexity index is 1160. The number of hydrogen-bond donors (Lipinski definition) is 2. The number of tetrazole rings is 1. The summed E-state index contributed by atoms with van der Waals surface area (Å²) in [7, 11) is 1.58. The zero-order valence-electron chi connectivity index (χ0n) is 17.4. The number of aryl methyl sites for hydroxylation is 2. The Morgan fingerprint density at radius 2 is 1.90 bits per heavy atom. The summed E-state index contributed by atoms with van der Waals surface area (Å²) in [4.78, 5) is 0. The van der Waals surface area contributed by atoms with Gasteiger partial charge in [0.2, 0.25) is 0 Å². The third-order valence-electron chi connectivity index (χ3n) is 4.66. The van der Waals surface area contributed by atoms with Gasteiger partial charge in [0, 0.05) is 12.2 Å². The number of rotatable bonds is 8. The normalized spacial score (nSPS) is 10.8. The fourth-order valence-electron chi connectivity index (χ4n) is 3.21. The van der Waals surface area contributed by atoms with Crippen LogP contribution in [0.2, 0.25) is 5.02 Å². The quantitative estimate of drug-likeness (QED) is 0.429. The summed E-state index contributed by atoms with van der Waals surface area (Å²) in [5.74, 6) is 1.45. The smallest absolute Gasteiger partial charge is 0.263 e. The van der Waals surface area contributed by atoms with Crippen LogP contribution in [0.5, 0.6) is 11.5 Å². The van der Waals surface area contributed by atoms with Crippen molar-refractivity contribution >= 4 is 17.5 Å². The molecule has 0 aliphatic rings. The number of nitrogens with zero attached hydrogens (tertiary/aromatic N) is 5. The van der Waals surface area contributed by atoms with Crippen molar-refractivity contribution in [1.82, 2.24) is 30.4 Å². The second kappa shape index (κ2) is 9.05. The zero-order valence-corrected chi connectivity index (χ0v) is 18.1. The van der Waals surface area contributed by atoms with E-state index >= 15 is 0 Å². The first kappa shape index (κ1) is 20.7. The van der Waals surface area contributed by atoms with Gasteiger partial charge in [0.25, 0.3) is 5.95 Å². The number of aromatic nitrogens is 6. The molecule has 0 spiro atoms. The highest BCUT2D eigenvalue weighted by molar-refractivity contribution is 6.32. The molecule has 0 radical (unpaired) electrons. The number of ether oxygens (including phenoxy) is 2. The predicted octanol–water partition coefficient (Wildman–Crippen LogP) is 3.86. The summed E-state index contributed by atoms with van der Waals surface area (Å²) >= 11 is 6.47. The van der Waals surface area contributed by atoms with Gasteiger partial charge < -0.3 is 14.8 Å². The number of nitrogens with one attached hydrogen (secondary N) is 2. The van der Waals surface area contributed by atoms with Crippen LogP contribution in [0.15, 0.2) is 42.5 Å². The lowest BCUT2D eigenvalue weighted by Crippen LogP contribution is -2.04. The van der Waals surface area contributed by atoms with Crippen LogP contribution in [0, 0.1) is 13.8 Å². The molecule has 4 rings (SSSR count). The number of anilines is 1. The minimum Gasteiger partial charge on any atom is -0.493 e. The molecule has 0 saturated carbocycles. The molecule has 10 heteroatoms. The van der Waals surface area contributed by atoms with E-state index in [0.29, 0.717) is 35.6 Å². The molecule has 160 valence electrons. The highest BCUT2D eigenvalue weighted by Crippen LogP contribution is 2.37. The second-order valence-electron chi connectivity index (χ2n) is 6.99. The second-order valence-corrected chi connectivity index (χ2v) is 7.40. The summed E-state index contributed by atoms with van der Waals surface area (Å²) in [5, 5.41) is 21.6. The number of methoxy groups -OCH3 is 1. The van der Waals surface area contributed by atoms with E-state index in [1.165, 1.54) is 0 Å². The van der Waals surface area contributed by atoms with Gasteiger partial charge in [0.05, 0.1) is 23.5 Å². The van der Waals surface area contributed by atoms with E-state index in [2.05, 4.69) is 31.0 Å². The summed E-state index contributed by atoms with van der Waals surface area (Å²) in [5.41, 5.74) is 4.98. The molecular weight excluding hydrogens is 418 g/mol. The van der Waals surface area contributed by atoms with Crippen molar-refractivity contribution in [2.24, 2.45) is 0 Å². The van der Waals surface area contributed by atoms with Gasteiger partial charge in [-0.1, -0.05) is 28.8 Å². The van der Waals surface area contributed by atoms with E-state index in [9.17, 15) is 0 Å². The van der Waals surface area contributed by atoms with Crippen LogP contribution in [0.25, 0.3) is 5.69 Å². The largest absolute Gasteiger partial charge is 0.493 e. The summed E-state index contributed by atoms with van der Waals surface area (Å²) in [6, 6.07) is 13.8. The molecule has 31 heavy (non-hydrogen) atoms. The van der Waals surface area contributed by atoms with Crippen LogP contribution < -0.4 is 14.8 Å². The van der Waals surface area contributed by atoms with Crippen molar-refractivity contribution in [2.75, 3.05) is 12.4 Å². The number of halogens is 1. The molecule has 0 atom stereocenters. The van der Waals surface area contributed by atoms with E-state index in [1.807, 2.05) is 61.0 Å². The Labute approximate surface area is 184 Å². The molecule has 2 heterocycles. The van der Waals surface area contributed by atoms with E-state index in [4.69, 9.17) is 21.1 Å². The topological polar surface area (TPSA) is 103 Å². The Balaban J connectivity index is 1.44. The number of H-pyrrole nitrogens is 1. The van der Waals surface area contributed by atoms with Gasteiger partial charge in [0.15, 0.2) is 11.5 Å². The van der Waals surface area contributed by atoms with Crippen molar-refractivity contribution < 1.29 is 9.47 Å². The SMILES string of the molecule is COc1cc(CNc2nn[nH]n2)cc(Cl)c1OCc1ccc(-n2nc(C)cc2C)cc1. The van der Waals surface area contributed by atoms with Crippen LogP contribution in [-0.4, -0.2) is 37.5 Å². The maximum absolute atomic E-state index is 6.47. The van der Waals surface area contributed by atoms with E-state index in [-0.39, 0.29) is 0 Å². The van der Waals surface area contributed by atoms with Crippen molar-refractivity contribution in [1.29, 1.82) is 0 Å². The van der Waals surface area contributed by atoms with E-state index in [1.54, 1.807) is 7.11 Å². The Morgan fingerprint density at radius 1 is 1.10 bits per heavy atom. The van der Waals surface area contributed by atoms with Gasteiger partial charge in [-0.05, 0) is 60.5 Å². The molecular formula is C21H22ClN7O2. The first-order valence-electron chi connectivity index (χ1n) is 9.62. The minimum absolute atomic E-state index is 0.355. The standard InChI is InChI=1S/C21H22ClN7O2/c1-13-8-14(2)29(26-13)17-6-4-15(5-7-17)12-31-20-18(22)9-16(10-19(20)30-3)11-23-21-24-27-28-25-21/h4-10H,11-12H2,1-3H3,(H2,23,24,25,27,28). The van der Waals surface area contributed by atoms with Crippen LogP contribution in [0.4, 0.5) is 5.95 Å². The molecule has 2 N–H and O–H groups in total. The van der Waals surface area contributed by atoms with Crippen LogP contribution in [0.1, 0.15) is 22.5 Å². The van der Waals surface area contributed by atoms with Crippen LogP contribution >= 0.6 is 11.6 Å². The van der Waals surface area contributed by atoms with Crippen LogP contribution in [-0.2, 0) is 13.2 Å². The number of hydrogen-bond acceptors (Lipinski definition) is 7. The van der Waals surface area contributed by atoms with Gasteiger partial charge in [-0.2, -0.15) is 10.3 Å². The summed E-state index contributed by atoms with van der Waals surface area (Å²) < 4.78 is 13.4. The molecule has 0 fully saturated rings. The summed E-state index contributed by atoms with van der Waals surface area (Å²) in [6.45, 7) is 4.83. The third kappa shape index (κ3) is 4.77. The third-order valence-corrected chi connectivity index (χ3v) is 4.94.